The molecule has 0 aliphatic carbocycles. The van der Waals surface area contributed by atoms with Crippen molar-refractivity contribution in [2.75, 3.05) is 18.5 Å². The molecule has 0 amide bonds. The Labute approximate surface area is 118 Å². The van der Waals surface area contributed by atoms with Gasteiger partial charge in [-0.2, -0.15) is 0 Å². The van der Waals surface area contributed by atoms with Crippen molar-refractivity contribution in [2.24, 2.45) is 0 Å². The summed E-state index contributed by atoms with van der Waals surface area (Å²) in [6, 6.07) is 4.40. The van der Waals surface area contributed by atoms with Gasteiger partial charge in [0, 0.05) is 39.0 Å². The van der Waals surface area contributed by atoms with Crippen LogP contribution in [0.15, 0.2) is 27.6 Å². The van der Waals surface area contributed by atoms with E-state index in [1.165, 1.54) is 18.4 Å². The van der Waals surface area contributed by atoms with Crippen molar-refractivity contribution in [3.05, 3.63) is 22.7 Å². The van der Waals surface area contributed by atoms with E-state index in [4.69, 9.17) is 5.73 Å². The maximum Gasteiger partial charge on any atom is 0.240 e. The third-order valence-corrected chi connectivity index (χ3v) is 5.85. The predicted octanol–water partition coefficient (Wildman–Crippen LogP) is 1.08. The topological polar surface area (TPSA) is 89.3 Å². The molecule has 2 unspecified atom stereocenters. The Bertz CT molecular complexity index is 560. The monoisotopic (exact) mass is 354 g/mol. The summed E-state index contributed by atoms with van der Waals surface area (Å²) in [5.41, 5.74) is 5.99. The molecule has 2 atom stereocenters. The largest absolute Gasteiger partial charge is 0.398 e. The standard InChI is InChI=1S/C10H15BrN2O3S2/c1-7(17(2)14)6-13-18(15,16)8-3-4-9(11)10(12)5-8/h3-5,7,13H,6,12H2,1-2H3. The van der Waals surface area contributed by atoms with Gasteiger partial charge in [0.05, 0.1) is 4.90 Å². The lowest BCUT2D eigenvalue weighted by molar-refractivity contribution is 0.580. The number of nitrogen functional groups attached to an aromatic ring is 1. The molecule has 1 rings (SSSR count). The molecule has 0 spiro atoms. The van der Waals surface area contributed by atoms with Gasteiger partial charge in [0.25, 0.3) is 0 Å². The predicted molar refractivity (Wildman–Crippen MR) is 77.3 cm³/mol. The summed E-state index contributed by atoms with van der Waals surface area (Å²) in [5.74, 6) is 0. The first-order chi connectivity index (χ1) is 8.24. The van der Waals surface area contributed by atoms with Gasteiger partial charge in [-0.25, -0.2) is 13.1 Å². The van der Waals surface area contributed by atoms with Crippen molar-refractivity contribution in [3.8, 4) is 0 Å². The van der Waals surface area contributed by atoms with Crippen molar-refractivity contribution in [3.63, 3.8) is 0 Å². The second kappa shape index (κ2) is 6.14. The van der Waals surface area contributed by atoms with Crippen LogP contribution >= 0.6 is 15.9 Å². The molecule has 0 bridgehead atoms. The number of halogens is 1. The Morgan fingerprint density at radius 1 is 1.50 bits per heavy atom. The Hall–Kier alpha value is -0.440. The van der Waals surface area contributed by atoms with Gasteiger partial charge < -0.3 is 5.73 Å². The van der Waals surface area contributed by atoms with E-state index in [2.05, 4.69) is 20.7 Å². The number of nitrogens with one attached hydrogen (secondary N) is 1. The number of hydrogen-bond donors (Lipinski definition) is 2. The van der Waals surface area contributed by atoms with Crippen LogP contribution in [0.25, 0.3) is 0 Å². The zero-order chi connectivity index (χ0) is 13.9. The average Bonchev–Trinajstić information content (AvgIpc) is 2.29. The third kappa shape index (κ3) is 4.04. The van der Waals surface area contributed by atoms with Crippen molar-refractivity contribution in [1.29, 1.82) is 0 Å². The number of rotatable bonds is 5. The van der Waals surface area contributed by atoms with Gasteiger partial charge in [0.15, 0.2) is 0 Å². The first-order valence-corrected chi connectivity index (χ1v) is 9.00. The van der Waals surface area contributed by atoms with Crippen LogP contribution in [0.5, 0.6) is 0 Å². The zero-order valence-corrected chi connectivity index (χ0v) is 13.2. The molecule has 3 N–H and O–H groups in total. The summed E-state index contributed by atoms with van der Waals surface area (Å²) < 4.78 is 38.1. The highest BCUT2D eigenvalue weighted by molar-refractivity contribution is 9.10. The number of nitrogens with two attached hydrogens (primary N) is 1. The van der Waals surface area contributed by atoms with Crippen LogP contribution in [0.3, 0.4) is 0 Å². The Morgan fingerprint density at radius 3 is 2.61 bits per heavy atom. The summed E-state index contributed by atoms with van der Waals surface area (Å²) in [7, 11) is -4.68. The average molecular weight is 355 g/mol. The quantitative estimate of drug-likeness (QED) is 0.774. The SMILES string of the molecule is CC(CNS(=O)(=O)c1ccc(Br)c(N)c1)S(C)=O. The molecule has 5 nitrogen and oxygen atoms in total. The highest BCUT2D eigenvalue weighted by atomic mass is 79.9. The van der Waals surface area contributed by atoms with Gasteiger partial charge in [-0.1, -0.05) is 0 Å². The minimum Gasteiger partial charge on any atom is -0.398 e. The van der Waals surface area contributed by atoms with Gasteiger partial charge in [-0.15, -0.1) is 0 Å². The van der Waals surface area contributed by atoms with Gasteiger partial charge in [-0.05, 0) is 41.1 Å². The normalized spacial score (nSPS) is 15.3. The van der Waals surface area contributed by atoms with Gasteiger partial charge in [0.2, 0.25) is 10.0 Å². The van der Waals surface area contributed by atoms with Crippen molar-refractivity contribution in [1.82, 2.24) is 4.72 Å². The van der Waals surface area contributed by atoms with Crippen LogP contribution in [0.1, 0.15) is 6.92 Å². The molecule has 0 saturated carbocycles. The van der Waals surface area contributed by atoms with Crippen LogP contribution in [-0.4, -0.2) is 30.7 Å². The van der Waals surface area contributed by atoms with Gasteiger partial charge >= 0.3 is 0 Å². The molecule has 18 heavy (non-hydrogen) atoms. The second-order valence-corrected chi connectivity index (χ2v) is 8.27. The molecule has 0 radical (unpaired) electrons. The molecule has 102 valence electrons. The number of sulfonamides is 1. The molecule has 0 aromatic heterocycles. The van der Waals surface area contributed by atoms with E-state index in [0.717, 1.165) is 0 Å². The summed E-state index contributed by atoms with van der Waals surface area (Å²) in [6.45, 7) is 1.84. The molecule has 1 aromatic carbocycles. The summed E-state index contributed by atoms with van der Waals surface area (Å²) in [6.07, 6.45) is 1.54. The molecular weight excluding hydrogens is 340 g/mol. The lowest BCUT2D eigenvalue weighted by Crippen LogP contribution is -2.32. The molecule has 0 saturated heterocycles. The maximum atomic E-state index is 11.9. The zero-order valence-electron chi connectivity index (χ0n) is 10.0. The second-order valence-electron chi connectivity index (χ2n) is 3.84. The van der Waals surface area contributed by atoms with E-state index in [9.17, 15) is 12.6 Å². The number of benzene rings is 1. The van der Waals surface area contributed by atoms with E-state index >= 15 is 0 Å². The molecule has 0 fully saturated rings. The van der Waals surface area contributed by atoms with E-state index in [1.807, 2.05) is 0 Å². The molecule has 0 aliphatic heterocycles. The van der Waals surface area contributed by atoms with Gasteiger partial charge in [0.1, 0.15) is 0 Å². The summed E-state index contributed by atoms with van der Waals surface area (Å²) >= 11 is 3.20. The number of hydrogen-bond acceptors (Lipinski definition) is 4. The van der Waals surface area contributed by atoms with Crippen LogP contribution in [0.2, 0.25) is 0 Å². The molecule has 0 aliphatic rings. The number of anilines is 1. The van der Waals surface area contributed by atoms with E-state index in [1.54, 1.807) is 13.0 Å². The minimum absolute atomic E-state index is 0.0947. The van der Waals surface area contributed by atoms with Crippen LogP contribution in [0, 0.1) is 0 Å². The van der Waals surface area contributed by atoms with Crippen molar-refractivity contribution in [2.45, 2.75) is 17.1 Å². The first kappa shape index (κ1) is 15.6. The summed E-state index contributed by atoms with van der Waals surface area (Å²) in [4.78, 5) is 0.0947. The highest BCUT2D eigenvalue weighted by Gasteiger charge is 2.17. The molecule has 8 heteroatoms. The molecular formula is C10H15BrN2O3S2. The molecule has 1 aromatic rings. The Balaban J connectivity index is 2.87. The van der Waals surface area contributed by atoms with Crippen LogP contribution < -0.4 is 10.5 Å². The summed E-state index contributed by atoms with van der Waals surface area (Å²) in [5, 5.41) is -0.243. The lowest BCUT2D eigenvalue weighted by atomic mass is 10.3. The Morgan fingerprint density at radius 2 is 2.11 bits per heavy atom. The fourth-order valence-corrected chi connectivity index (χ4v) is 2.95. The highest BCUT2D eigenvalue weighted by Crippen LogP contribution is 2.22. The molecule has 0 heterocycles. The fraction of sp³-hybridized carbons (Fsp3) is 0.400. The van der Waals surface area contributed by atoms with E-state index in [-0.39, 0.29) is 16.7 Å². The minimum atomic E-state index is -3.61. The van der Waals surface area contributed by atoms with E-state index < -0.39 is 20.8 Å². The van der Waals surface area contributed by atoms with Crippen molar-refractivity contribution >= 4 is 42.4 Å². The fourth-order valence-electron chi connectivity index (χ4n) is 1.12. The first-order valence-electron chi connectivity index (χ1n) is 5.11. The van der Waals surface area contributed by atoms with Crippen molar-refractivity contribution < 1.29 is 12.6 Å². The van der Waals surface area contributed by atoms with Crippen LogP contribution in [0.4, 0.5) is 5.69 Å². The lowest BCUT2D eigenvalue weighted by Gasteiger charge is -2.11. The van der Waals surface area contributed by atoms with Gasteiger partial charge in [-0.3, -0.25) is 4.21 Å². The third-order valence-electron chi connectivity index (χ3n) is 2.41. The van der Waals surface area contributed by atoms with Crippen LogP contribution in [-0.2, 0) is 20.8 Å². The smallest absolute Gasteiger partial charge is 0.240 e. The van der Waals surface area contributed by atoms with E-state index in [0.29, 0.717) is 10.2 Å². The Kier molecular flexibility index (Phi) is 5.32. The maximum absolute atomic E-state index is 11.9.